The maximum Gasteiger partial charge on any atom is 0.306 e. The molecule has 5 fully saturated rings. The highest BCUT2D eigenvalue weighted by molar-refractivity contribution is 5.99. The average molecular weight is 857 g/mol. The van der Waals surface area contributed by atoms with Crippen molar-refractivity contribution in [1.82, 2.24) is 19.9 Å². The van der Waals surface area contributed by atoms with Gasteiger partial charge in [0.25, 0.3) is 0 Å². The summed E-state index contributed by atoms with van der Waals surface area (Å²) in [7, 11) is 9.17. The Morgan fingerprint density at radius 3 is 2.21 bits per heavy atom. The van der Waals surface area contributed by atoms with Gasteiger partial charge in [0, 0.05) is 50.8 Å². The number of nitrogens with zero attached hydrogens (tertiary/aromatic N) is 4. The topological polar surface area (TPSA) is 142 Å². The number of carbonyl (C=O) groups excluding carboxylic acids is 2. The minimum Gasteiger partial charge on any atom is -0.462 e. The van der Waals surface area contributed by atoms with Crippen LogP contribution in [0.3, 0.4) is 0 Å². The number of Topliss-reactive ketones (excluding diaryl/α,β-unsaturated/α-hetero) is 1. The molecule has 0 N–H and O–H groups in total. The third kappa shape index (κ3) is 9.72. The van der Waals surface area contributed by atoms with Crippen LogP contribution < -0.4 is 0 Å². The zero-order valence-corrected chi connectivity index (χ0v) is 39.0. The van der Waals surface area contributed by atoms with Gasteiger partial charge in [-0.2, -0.15) is 0 Å². The molecule has 344 valence electrons. The van der Waals surface area contributed by atoms with Crippen molar-refractivity contribution in [2.24, 2.45) is 35.5 Å². The van der Waals surface area contributed by atoms with E-state index >= 15 is 4.79 Å². The molecule has 3 aliphatic heterocycles. The lowest BCUT2D eigenvalue weighted by atomic mass is 9.64. The van der Waals surface area contributed by atoms with Crippen molar-refractivity contribution < 1.29 is 47.5 Å². The Labute approximate surface area is 364 Å². The van der Waals surface area contributed by atoms with Crippen molar-refractivity contribution in [3.63, 3.8) is 0 Å². The van der Waals surface area contributed by atoms with E-state index in [0.29, 0.717) is 12.5 Å². The second kappa shape index (κ2) is 19.4. The van der Waals surface area contributed by atoms with Gasteiger partial charge in [-0.15, -0.1) is 5.10 Å². The van der Waals surface area contributed by atoms with Crippen LogP contribution in [0.25, 0.3) is 0 Å². The molecule has 6 aliphatic rings. The second-order valence-corrected chi connectivity index (χ2v) is 20.3. The first-order chi connectivity index (χ1) is 29.1. The van der Waals surface area contributed by atoms with Crippen molar-refractivity contribution in [1.29, 1.82) is 0 Å². The monoisotopic (exact) mass is 857 g/mol. The fourth-order valence-electron chi connectivity index (χ4n) is 12.0. The first-order valence-electron chi connectivity index (χ1n) is 23.3. The van der Waals surface area contributed by atoms with E-state index in [1.165, 1.54) is 0 Å². The van der Waals surface area contributed by atoms with Crippen molar-refractivity contribution in [2.75, 3.05) is 35.4 Å². The van der Waals surface area contributed by atoms with Gasteiger partial charge in [0.15, 0.2) is 18.4 Å². The fraction of sp³-hybridized carbons (Fsp3) is 0.872. The molecule has 3 aliphatic carbocycles. The van der Waals surface area contributed by atoms with Crippen LogP contribution in [-0.2, 0) is 52.9 Å². The Bertz CT molecular complexity index is 1680. The Hall–Kier alpha value is -2.30. The minimum atomic E-state index is -0.655. The van der Waals surface area contributed by atoms with E-state index in [2.05, 4.69) is 75.7 Å². The number of ketones is 1. The van der Waals surface area contributed by atoms with Gasteiger partial charge >= 0.3 is 5.97 Å². The smallest absolute Gasteiger partial charge is 0.306 e. The van der Waals surface area contributed by atoms with Gasteiger partial charge in [0.2, 0.25) is 0 Å². The Kier molecular flexibility index (Phi) is 14.9. The number of allylic oxidation sites excluding steroid dienone is 2. The number of fused-ring (bicyclic) bond motifs is 5. The van der Waals surface area contributed by atoms with Crippen molar-refractivity contribution >= 4 is 11.8 Å². The summed E-state index contributed by atoms with van der Waals surface area (Å²) >= 11 is 0. The van der Waals surface area contributed by atoms with Crippen LogP contribution >= 0.6 is 0 Å². The number of cyclic esters (lactones) is 1. The van der Waals surface area contributed by atoms with E-state index in [0.717, 1.165) is 62.6 Å². The molecule has 3 saturated heterocycles. The number of aromatic nitrogens is 3. The first-order valence-corrected chi connectivity index (χ1v) is 23.3. The van der Waals surface area contributed by atoms with Gasteiger partial charge in [-0.1, -0.05) is 45.9 Å². The lowest BCUT2D eigenvalue weighted by Crippen LogP contribution is -2.59. The molecule has 14 nitrogen and oxygen atoms in total. The lowest BCUT2D eigenvalue weighted by molar-refractivity contribution is -0.314. The van der Waals surface area contributed by atoms with Crippen molar-refractivity contribution in [3.05, 3.63) is 23.5 Å². The molecule has 1 aromatic rings. The van der Waals surface area contributed by atoms with Crippen LogP contribution in [0.4, 0.5) is 0 Å². The van der Waals surface area contributed by atoms with Crippen molar-refractivity contribution in [2.45, 2.75) is 192 Å². The number of likely N-dealkylation sites (N-methyl/N-ethyl adjacent to an activating group) is 1. The van der Waals surface area contributed by atoms with Crippen LogP contribution in [0, 0.1) is 35.5 Å². The summed E-state index contributed by atoms with van der Waals surface area (Å²) in [6.07, 6.45) is 8.38. The summed E-state index contributed by atoms with van der Waals surface area (Å²) in [5, 5.41) is 9.44. The Morgan fingerprint density at radius 1 is 0.852 bits per heavy atom. The molecule has 61 heavy (non-hydrogen) atoms. The highest BCUT2D eigenvalue weighted by Gasteiger charge is 2.57. The maximum atomic E-state index is 15.1. The van der Waals surface area contributed by atoms with E-state index < -0.39 is 18.3 Å². The van der Waals surface area contributed by atoms with Crippen LogP contribution in [-0.4, -0.2) is 135 Å². The highest BCUT2D eigenvalue weighted by atomic mass is 16.7. The number of hydrogen-bond donors (Lipinski definition) is 0. The molecule has 18 atom stereocenters. The van der Waals surface area contributed by atoms with Crippen LogP contribution in [0.2, 0.25) is 0 Å². The van der Waals surface area contributed by atoms with Gasteiger partial charge in [-0.3, -0.25) is 9.59 Å². The van der Waals surface area contributed by atoms with Crippen molar-refractivity contribution in [3.8, 4) is 0 Å². The quantitative estimate of drug-likeness (QED) is 0.238. The van der Waals surface area contributed by atoms with E-state index in [1.807, 2.05) is 13.8 Å². The van der Waals surface area contributed by atoms with Gasteiger partial charge in [-0.25, -0.2) is 4.68 Å². The van der Waals surface area contributed by atoms with E-state index in [9.17, 15) is 4.79 Å². The van der Waals surface area contributed by atoms with Crippen LogP contribution in [0.15, 0.2) is 17.8 Å². The zero-order valence-electron chi connectivity index (χ0n) is 39.0. The third-order valence-electron chi connectivity index (χ3n) is 15.4. The summed E-state index contributed by atoms with van der Waals surface area (Å²) in [6.45, 7) is 14.6. The number of methoxy groups -OCH3 is 3. The molecule has 3 unspecified atom stereocenters. The molecule has 0 radical (unpaired) electrons. The molecule has 1 aromatic heterocycles. The number of rotatable bonds is 10. The number of hydrogen-bond acceptors (Lipinski definition) is 13. The fourth-order valence-corrected chi connectivity index (χ4v) is 12.0. The highest BCUT2D eigenvalue weighted by Crippen LogP contribution is 2.60. The molecule has 0 amide bonds. The van der Waals surface area contributed by atoms with Gasteiger partial charge < -0.3 is 42.8 Å². The second-order valence-electron chi connectivity index (χ2n) is 20.3. The summed E-state index contributed by atoms with van der Waals surface area (Å²) in [4.78, 5) is 31.3. The predicted molar refractivity (Wildman–Crippen MR) is 227 cm³/mol. The van der Waals surface area contributed by atoms with Gasteiger partial charge in [0.1, 0.15) is 24.4 Å². The molecule has 14 heteroatoms. The maximum absolute atomic E-state index is 15.1. The summed E-state index contributed by atoms with van der Waals surface area (Å²) < 4.78 is 52.6. The molecule has 7 rings (SSSR count). The molecular weight excluding hydrogens is 781 g/mol. The van der Waals surface area contributed by atoms with Gasteiger partial charge in [-0.05, 0) is 115 Å². The molecule has 2 saturated carbocycles. The summed E-state index contributed by atoms with van der Waals surface area (Å²) in [6, 6.07) is 0.310. The SMILES string of the molecule is CC[C@H]1CCC[C@H](O[C@H]2CC[C@H](N(C)C)C(C)O2)[C@@H](C)C(=O)C2=C[C@@H]3[C@@H](C[C@@H](n4cc(C(C)(C)C)nn4)[C@@H]4C[C@@H](O[C@@H]5OC(C)[C@H](OC)C(OC)[C@@H]5OC)C[C@@H]34)[C@@H]2CC(=O)O1. The largest absolute Gasteiger partial charge is 0.462 e. The number of carbonyl (C=O) groups is 2. The zero-order chi connectivity index (χ0) is 43.9. The normalized spacial score (nSPS) is 42.5. The third-order valence-corrected chi connectivity index (χ3v) is 15.4. The Morgan fingerprint density at radius 2 is 1.57 bits per heavy atom. The average Bonchev–Trinajstić information content (AvgIpc) is 3.96. The van der Waals surface area contributed by atoms with E-state index in [1.54, 1.807) is 21.3 Å². The molecule has 4 heterocycles. The molecule has 0 bridgehead atoms. The summed E-state index contributed by atoms with van der Waals surface area (Å²) in [5.41, 5.74) is 1.50. The van der Waals surface area contributed by atoms with E-state index in [-0.39, 0.29) is 108 Å². The standard InChI is InChI=1S/C47H76N4O10/c1-13-28-15-14-16-38(61-41-18-17-36(50(8)9)26(3)57-41)25(2)42(53)35-21-31-30-19-29(60-46-45(56-12)44(55-11)43(54-10)27(4)58-46)20-34(30)37(22-32(31)33(35)23-40(52)59-28)51-24-39(48-49-51)47(5,6)7/h21,24-34,36-38,41,43-46H,13-20,22-23H2,1-12H3/t25-,26?,27?,28+,29+,30+,31+,32-,33+,34-,36+,37-,38+,41+,43+,44?,45+,46+/m1/s1. The predicted octanol–water partition coefficient (Wildman–Crippen LogP) is 6.45. The van der Waals surface area contributed by atoms with Crippen LogP contribution in [0.5, 0.6) is 0 Å². The lowest BCUT2D eigenvalue weighted by Gasteiger charge is -2.44. The summed E-state index contributed by atoms with van der Waals surface area (Å²) in [5.74, 6) is -0.424. The molecular formula is C47H76N4O10. The minimum absolute atomic E-state index is 0.00829. The Balaban J connectivity index is 1.20. The van der Waals surface area contributed by atoms with Gasteiger partial charge in [0.05, 0.1) is 42.6 Å². The number of esters is 1. The van der Waals surface area contributed by atoms with Crippen LogP contribution in [0.1, 0.15) is 124 Å². The molecule has 0 spiro atoms. The molecule has 0 aromatic carbocycles. The number of ether oxygens (including phenoxy) is 8. The first kappa shape index (κ1) is 46.7. The van der Waals surface area contributed by atoms with E-state index in [4.69, 9.17) is 43.1 Å².